The van der Waals surface area contributed by atoms with Gasteiger partial charge in [-0.15, -0.1) is 0 Å². The third kappa shape index (κ3) is 4.97. The summed E-state index contributed by atoms with van der Waals surface area (Å²) in [7, 11) is 1.60. The minimum absolute atomic E-state index is 0.182. The fourth-order valence-electron chi connectivity index (χ4n) is 2.71. The Labute approximate surface area is 149 Å². The number of nitrogens with zero attached hydrogens (tertiary/aromatic N) is 1. The van der Waals surface area contributed by atoms with Crippen LogP contribution in [0.3, 0.4) is 0 Å². The Kier molecular flexibility index (Phi) is 6.83. The van der Waals surface area contributed by atoms with Crippen molar-refractivity contribution in [1.82, 2.24) is 0 Å². The number of hydrogen-bond acceptors (Lipinski definition) is 3. The molecular formula is C20H27N3O2. The molecule has 0 heterocycles. The van der Waals surface area contributed by atoms with Gasteiger partial charge in [-0.25, -0.2) is 0 Å². The molecule has 0 aliphatic heterocycles. The van der Waals surface area contributed by atoms with Gasteiger partial charge in [-0.2, -0.15) is 0 Å². The molecule has 0 fully saturated rings. The molecule has 1 atom stereocenters. The van der Waals surface area contributed by atoms with Crippen LogP contribution in [0, 0.1) is 0 Å². The number of aliphatic hydroxyl groups is 1. The van der Waals surface area contributed by atoms with Gasteiger partial charge in [0.05, 0.1) is 19.8 Å². The Morgan fingerprint density at radius 3 is 2.40 bits per heavy atom. The highest BCUT2D eigenvalue weighted by Gasteiger charge is 2.10. The van der Waals surface area contributed by atoms with Crippen molar-refractivity contribution in [3.05, 3.63) is 59.2 Å². The predicted octanol–water partition coefficient (Wildman–Crippen LogP) is 3.28. The quantitative estimate of drug-likeness (QED) is 0.533. The molecule has 25 heavy (non-hydrogen) atoms. The van der Waals surface area contributed by atoms with Crippen LogP contribution in [0.2, 0.25) is 0 Å². The van der Waals surface area contributed by atoms with E-state index in [9.17, 15) is 5.11 Å². The number of para-hydroxylation sites is 1. The van der Waals surface area contributed by atoms with E-state index in [2.05, 4.69) is 42.4 Å². The first kappa shape index (κ1) is 18.8. The van der Waals surface area contributed by atoms with E-state index >= 15 is 0 Å². The van der Waals surface area contributed by atoms with Gasteiger partial charge in [0.2, 0.25) is 0 Å². The minimum atomic E-state index is -0.734. The van der Waals surface area contributed by atoms with Crippen molar-refractivity contribution in [2.75, 3.05) is 19.0 Å². The number of aliphatic imine (C=N–C) groups is 1. The Balaban J connectivity index is 2.09. The van der Waals surface area contributed by atoms with Gasteiger partial charge >= 0.3 is 0 Å². The Morgan fingerprint density at radius 2 is 1.80 bits per heavy atom. The molecule has 0 aliphatic rings. The molecule has 2 aromatic carbocycles. The monoisotopic (exact) mass is 341 g/mol. The molecular weight excluding hydrogens is 314 g/mol. The third-order valence-corrected chi connectivity index (χ3v) is 4.17. The molecule has 1 unspecified atom stereocenters. The van der Waals surface area contributed by atoms with Gasteiger partial charge in [0, 0.05) is 5.69 Å². The van der Waals surface area contributed by atoms with Crippen LogP contribution in [0.5, 0.6) is 5.75 Å². The van der Waals surface area contributed by atoms with Crippen LogP contribution in [-0.4, -0.2) is 24.7 Å². The van der Waals surface area contributed by atoms with Crippen LogP contribution in [0.1, 0.15) is 36.6 Å². The third-order valence-electron chi connectivity index (χ3n) is 4.17. The van der Waals surface area contributed by atoms with Crippen molar-refractivity contribution in [1.29, 1.82) is 0 Å². The van der Waals surface area contributed by atoms with E-state index in [1.54, 1.807) is 13.2 Å². The lowest BCUT2D eigenvalue weighted by atomic mass is 10.0. The Morgan fingerprint density at radius 1 is 1.16 bits per heavy atom. The van der Waals surface area contributed by atoms with Crippen molar-refractivity contribution in [3.63, 3.8) is 0 Å². The fourth-order valence-corrected chi connectivity index (χ4v) is 2.71. The van der Waals surface area contributed by atoms with Gasteiger partial charge in [-0.05, 0) is 41.7 Å². The summed E-state index contributed by atoms with van der Waals surface area (Å²) in [6.45, 7) is 4.40. The highest BCUT2D eigenvalue weighted by Crippen LogP contribution is 2.23. The van der Waals surface area contributed by atoms with E-state index in [0.29, 0.717) is 11.7 Å². The zero-order chi connectivity index (χ0) is 18.2. The number of anilines is 1. The van der Waals surface area contributed by atoms with Crippen LogP contribution in [0.4, 0.5) is 5.69 Å². The molecule has 5 heteroatoms. The predicted molar refractivity (Wildman–Crippen MR) is 103 cm³/mol. The smallest absolute Gasteiger partial charge is 0.193 e. The molecule has 0 aliphatic carbocycles. The lowest BCUT2D eigenvalue weighted by Crippen LogP contribution is -2.25. The van der Waals surface area contributed by atoms with E-state index in [0.717, 1.165) is 24.1 Å². The Bertz CT molecular complexity index is 706. The molecule has 0 bridgehead atoms. The van der Waals surface area contributed by atoms with Crippen molar-refractivity contribution in [2.45, 2.75) is 32.8 Å². The minimum Gasteiger partial charge on any atom is -0.497 e. The van der Waals surface area contributed by atoms with E-state index in [4.69, 9.17) is 10.5 Å². The van der Waals surface area contributed by atoms with Gasteiger partial charge in [0.1, 0.15) is 5.75 Å². The number of methoxy groups -OCH3 is 1. The van der Waals surface area contributed by atoms with Crippen LogP contribution in [0.15, 0.2) is 47.5 Å². The van der Waals surface area contributed by atoms with E-state index < -0.39 is 6.10 Å². The molecule has 0 saturated carbocycles. The van der Waals surface area contributed by atoms with Crippen molar-refractivity contribution in [3.8, 4) is 5.75 Å². The first-order valence-corrected chi connectivity index (χ1v) is 8.58. The molecule has 5 nitrogen and oxygen atoms in total. The largest absolute Gasteiger partial charge is 0.497 e. The molecule has 0 spiro atoms. The van der Waals surface area contributed by atoms with Gasteiger partial charge in [0.15, 0.2) is 5.96 Å². The van der Waals surface area contributed by atoms with Crippen LogP contribution in [-0.2, 0) is 12.8 Å². The first-order chi connectivity index (χ1) is 12.1. The van der Waals surface area contributed by atoms with Crippen LogP contribution in [0.25, 0.3) is 0 Å². The summed E-state index contributed by atoms with van der Waals surface area (Å²) in [5, 5.41) is 13.5. The summed E-state index contributed by atoms with van der Waals surface area (Å²) in [6, 6.07) is 13.5. The molecule has 134 valence electrons. The number of nitrogens with two attached hydrogens (primary N) is 1. The number of aliphatic hydroxyl groups excluding tert-OH is 1. The normalized spacial score (nSPS) is 12.7. The average molecular weight is 341 g/mol. The molecule has 0 saturated heterocycles. The van der Waals surface area contributed by atoms with Gasteiger partial charge in [-0.1, -0.05) is 44.2 Å². The highest BCUT2D eigenvalue weighted by atomic mass is 16.5. The number of nitrogens with one attached hydrogen (secondary N) is 1. The molecule has 0 aromatic heterocycles. The van der Waals surface area contributed by atoms with Crippen LogP contribution >= 0.6 is 0 Å². The summed E-state index contributed by atoms with van der Waals surface area (Å²) in [5.74, 6) is 1.01. The molecule has 2 rings (SSSR count). The maximum absolute atomic E-state index is 10.3. The summed E-state index contributed by atoms with van der Waals surface area (Å²) in [6.07, 6.45) is 1.09. The van der Waals surface area contributed by atoms with Gasteiger partial charge in [0.25, 0.3) is 0 Å². The number of ether oxygens (including phenoxy) is 1. The second-order valence-corrected chi connectivity index (χ2v) is 5.80. The molecule has 0 amide bonds. The van der Waals surface area contributed by atoms with E-state index in [1.807, 2.05) is 18.2 Å². The molecule has 0 radical (unpaired) electrons. The zero-order valence-electron chi connectivity index (χ0n) is 15.1. The standard InChI is InChI=1S/C20H27N3O2/c1-4-14-8-6-9-15(5-2)19(14)23-20(21)22-13-18(24)16-10-7-11-17(12-16)25-3/h6-12,18,24H,4-5,13H2,1-3H3,(H3,21,22,23). The van der Waals surface area contributed by atoms with Gasteiger partial charge in [-0.3, -0.25) is 4.99 Å². The summed E-state index contributed by atoms with van der Waals surface area (Å²) < 4.78 is 5.18. The van der Waals surface area contributed by atoms with Crippen LogP contribution < -0.4 is 15.8 Å². The number of guanidine groups is 1. The lowest BCUT2D eigenvalue weighted by Gasteiger charge is -2.15. The second kappa shape index (κ2) is 9.08. The molecule has 4 N–H and O–H groups in total. The van der Waals surface area contributed by atoms with Gasteiger partial charge < -0.3 is 20.9 Å². The number of aryl methyl sites for hydroxylation is 2. The van der Waals surface area contributed by atoms with Crippen molar-refractivity contribution in [2.24, 2.45) is 10.7 Å². The lowest BCUT2D eigenvalue weighted by molar-refractivity contribution is 0.187. The SMILES string of the molecule is CCc1cccc(CC)c1NC(N)=NCC(O)c1cccc(OC)c1. The highest BCUT2D eigenvalue weighted by molar-refractivity contribution is 5.93. The maximum Gasteiger partial charge on any atom is 0.193 e. The second-order valence-electron chi connectivity index (χ2n) is 5.80. The number of hydrogen-bond donors (Lipinski definition) is 3. The topological polar surface area (TPSA) is 79.9 Å². The summed E-state index contributed by atoms with van der Waals surface area (Å²) in [4.78, 5) is 4.29. The number of rotatable bonds is 7. The van der Waals surface area contributed by atoms with E-state index in [1.165, 1.54) is 11.1 Å². The van der Waals surface area contributed by atoms with Crippen molar-refractivity contribution < 1.29 is 9.84 Å². The van der Waals surface area contributed by atoms with Crippen molar-refractivity contribution >= 4 is 11.6 Å². The summed E-state index contributed by atoms with van der Waals surface area (Å²) in [5.41, 5.74) is 10.2. The molecule has 2 aromatic rings. The zero-order valence-corrected chi connectivity index (χ0v) is 15.1. The fraction of sp³-hybridized carbons (Fsp3) is 0.350. The first-order valence-electron chi connectivity index (χ1n) is 8.58. The van der Waals surface area contributed by atoms with E-state index in [-0.39, 0.29) is 6.54 Å². The number of benzene rings is 2. The Hall–Kier alpha value is -2.53. The maximum atomic E-state index is 10.3. The summed E-state index contributed by atoms with van der Waals surface area (Å²) >= 11 is 0. The average Bonchev–Trinajstić information content (AvgIpc) is 2.66.